The molecule has 4 aromatic carbocycles. The number of fused-ring (bicyclic) bond motifs is 3. The van der Waals surface area contributed by atoms with Crippen LogP contribution in [0.15, 0.2) is 72.8 Å². The molecule has 2 aliphatic rings. The minimum atomic E-state index is -0.692. The van der Waals surface area contributed by atoms with Crippen LogP contribution in [0.1, 0.15) is 77.1 Å². The molecule has 2 aliphatic heterocycles. The molecule has 60 heavy (non-hydrogen) atoms. The van der Waals surface area contributed by atoms with Gasteiger partial charge in [-0.2, -0.15) is 0 Å². The maximum Gasteiger partial charge on any atom is 0.407 e. The number of rotatable bonds is 10. The number of carbonyl (C=O) groups is 4. The number of aromatic amines is 2. The monoisotopic (exact) mass is 812 g/mol. The number of hydrogen-bond donors (Lipinski definition) is 4. The van der Waals surface area contributed by atoms with Gasteiger partial charge in [-0.05, 0) is 107 Å². The first-order valence-electron chi connectivity index (χ1n) is 20.8. The summed E-state index contributed by atoms with van der Waals surface area (Å²) in [5.41, 5.74) is 7.65. The molecule has 0 saturated carbocycles. The molecule has 8 rings (SSSR count). The van der Waals surface area contributed by atoms with Gasteiger partial charge in [0.25, 0.3) is 0 Å². The van der Waals surface area contributed by atoms with Gasteiger partial charge in [-0.1, -0.05) is 64.1 Å². The smallest absolute Gasteiger partial charge is 0.407 e. The highest BCUT2D eigenvalue weighted by Gasteiger charge is 2.39. The number of nitrogens with one attached hydrogen (secondary N) is 4. The highest BCUT2D eigenvalue weighted by Crippen LogP contribution is 2.36. The van der Waals surface area contributed by atoms with Crippen molar-refractivity contribution >= 4 is 56.8 Å². The molecule has 312 valence electrons. The van der Waals surface area contributed by atoms with Gasteiger partial charge >= 0.3 is 12.2 Å². The van der Waals surface area contributed by atoms with E-state index >= 15 is 0 Å². The van der Waals surface area contributed by atoms with Crippen molar-refractivity contribution in [1.29, 1.82) is 0 Å². The van der Waals surface area contributed by atoms with Gasteiger partial charge in [0.15, 0.2) is 0 Å². The standard InChI is InChI=1S/C46H52N8O6/c1-25(2)39(51-45(57)59-5)43(55)53-19-7-9-37(53)41-47-33-17-15-31(23-35(33)49-41)29-13-11-28-22-30(14-12-27(28)21-29)32-16-18-34-36(24-32)50-42(48-34)38-10-8-20-54(38)44(56)40(26(3)4)52-46(58)60-6/h11-18,21-26,37-40H,7-10,19-20H2,1-6H3,(H,47,49)(H,48,50)(H,51,57)(H,52,58)/t37-,38-,39+,40+/m0/s1. The zero-order chi connectivity index (χ0) is 42.2. The quantitative estimate of drug-likeness (QED) is 0.108. The maximum atomic E-state index is 13.7. The van der Waals surface area contributed by atoms with Crippen LogP contribution in [0.4, 0.5) is 9.59 Å². The van der Waals surface area contributed by atoms with Crippen LogP contribution in [0.5, 0.6) is 0 Å². The Kier molecular flexibility index (Phi) is 11.2. The number of benzene rings is 4. The highest BCUT2D eigenvalue weighted by atomic mass is 16.5. The van der Waals surface area contributed by atoms with Gasteiger partial charge in [0.1, 0.15) is 23.7 Å². The molecule has 2 fully saturated rings. The minimum Gasteiger partial charge on any atom is -0.453 e. The lowest BCUT2D eigenvalue weighted by atomic mass is 9.97. The fourth-order valence-electron chi connectivity index (χ4n) is 8.72. The summed E-state index contributed by atoms with van der Waals surface area (Å²) in [7, 11) is 2.59. The number of nitrogens with zero attached hydrogens (tertiary/aromatic N) is 4. The van der Waals surface area contributed by atoms with Gasteiger partial charge < -0.3 is 39.9 Å². The number of aromatic nitrogens is 4. The Hall–Kier alpha value is -6.44. The Morgan fingerprint density at radius 1 is 0.600 bits per heavy atom. The largest absolute Gasteiger partial charge is 0.453 e. The molecule has 6 aromatic rings. The Balaban J connectivity index is 0.993. The molecule has 4 atom stereocenters. The first kappa shape index (κ1) is 40.3. The molecule has 0 bridgehead atoms. The zero-order valence-electron chi connectivity index (χ0n) is 34.9. The molecule has 0 unspecified atom stereocenters. The van der Waals surface area contributed by atoms with Crippen LogP contribution >= 0.6 is 0 Å². The fourth-order valence-corrected chi connectivity index (χ4v) is 8.72. The summed E-state index contributed by atoms with van der Waals surface area (Å²) < 4.78 is 9.56. The number of hydrogen-bond acceptors (Lipinski definition) is 8. The predicted molar refractivity (Wildman–Crippen MR) is 230 cm³/mol. The Morgan fingerprint density at radius 2 is 0.983 bits per heavy atom. The fraction of sp³-hybridized carbons (Fsp3) is 0.391. The van der Waals surface area contributed by atoms with E-state index in [-0.39, 0.29) is 35.7 Å². The summed E-state index contributed by atoms with van der Waals surface area (Å²) in [6, 6.07) is 23.5. The van der Waals surface area contributed by atoms with E-state index in [9.17, 15) is 19.2 Å². The third-order valence-corrected chi connectivity index (χ3v) is 12.0. The molecule has 0 spiro atoms. The second kappa shape index (κ2) is 16.7. The van der Waals surface area contributed by atoms with Crippen LogP contribution in [-0.2, 0) is 19.1 Å². The van der Waals surface area contributed by atoms with E-state index < -0.39 is 24.3 Å². The van der Waals surface area contributed by atoms with Crippen molar-refractivity contribution in [2.45, 2.75) is 77.5 Å². The van der Waals surface area contributed by atoms with Crippen molar-refractivity contribution in [2.75, 3.05) is 27.3 Å². The molecule has 0 aliphatic carbocycles. The summed E-state index contributed by atoms with van der Waals surface area (Å²) in [6.07, 6.45) is 2.01. The van der Waals surface area contributed by atoms with Crippen molar-refractivity contribution in [3.8, 4) is 22.3 Å². The SMILES string of the molecule is COC(=O)N[C@@H](C(=O)N1CCC[C@H]1c1nc2cc(-c3ccc4cc(-c5ccc6[nH]c([C@@H]7CCCN7C(=O)[C@H](NC(=O)OC)C(C)C)nc6c5)ccc4c3)ccc2[nH]1)C(C)C. The van der Waals surface area contributed by atoms with E-state index in [2.05, 4.69) is 81.3 Å². The minimum absolute atomic E-state index is 0.108. The average molecular weight is 813 g/mol. The van der Waals surface area contributed by atoms with Crippen molar-refractivity contribution in [3.63, 3.8) is 0 Å². The highest BCUT2D eigenvalue weighted by molar-refractivity contribution is 5.93. The zero-order valence-corrected chi connectivity index (χ0v) is 34.9. The molecule has 0 radical (unpaired) electrons. The Labute approximate surface area is 348 Å². The lowest BCUT2D eigenvalue weighted by molar-refractivity contribution is -0.136. The molecule has 4 heterocycles. The van der Waals surface area contributed by atoms with Gasteiger partial charge in [0.05, 0.1) is 48.4 Å². The summed E-state index contributed by atoms with van der Waals surface area (Å²) in [5, 5.41) is 7.64. The number of likely N-dealkylation sites (tertiary alicyclic amines) is 2. The molecular formula is C46H52N8O6. The molecule has 14 heteroatoms. The van der Waals surface area contributed by atoms with E-state index in [1.54, 1.807) is 0 Å². The van der Waals surface area contributed by atoms with Gasteiger partial charge in [-0.3, -0.25) is 9.59 Å². The Morgan fingerprint density at radius 3 is 1.37 bits per heavy atom. The van der Waals surface area contributed by atoms with Gasteiger partial charge in [-0.15, -0.1) is 0 Å². The van der Waals surface area contributed by atoms with Gasteiger partial charge in [0, 0.05) is 13.1 Å². The van der Waals surface area contributed by atoms with Crippen molar-refractivity contribution in [1.82, 2.24) is 40.4 Å². The van der Waals surface area contributed by atoms with E-state index in [1.807, 2.05) is 49.6 Å². The number of imidazole rings is 2. The third kappa shape index (κ3) is 7.85. The van der Waals surface area contributed by atoms with E-state index in [1.165, 1.54) is 14.2 Å². The second-order valence-electron chi connectivity index (χ2n) is 16.6. The Bertz CT molecular complexity index is 2420. The lowest BCUT2D eigenvalue weighted by Crippen LogP contribution is -2.51. The first-order valence-corrected chi connectivity index (χ1v) is 20.8. The number of H-pyrrole nitrogens is 2. The lowest BCUT2D eigenvalue weighted by Gasteiger charge is -2.29. The molecule has 14 nitrogen and oxygen atoms in total. The average Bonchev–Trinajstić information content (AvgIpc) is 4.08. The third-order valence-electron chi connectivity index (χ3n) is 12.0. The predicted octanol–water partition coefficient (Wildman–Crippen LogP) is 8.01. The van der Waals surface area contributed by atoms with E-state index in [4.69, 9.17) is 19.4 Å². The van der Waals surface area contributed by atoms with Crippen LogP contribution < -0.4 is 10.6 Å². The van der Waals surface area contributed by atoms with Crippen LogP contribution in [0, 0.1) is 11.8 Å². The van der Waals surface area contributed by atoms with E-state index in [0.717, 1.165) is 92.4 Å². The van der Waals surface area contributed by atoms with Crippen molar-refractivity contribution in [3.05, 3.63) is 84.4 Å². The summed E-state index contributed by atoms with van der Waals surface area (Å²) in [5.74, 6) is 0.991. The van der Waals surface area contributed by atoms with Crippen LogP contribution in [-0.4, -0.2) is 93.1 Å². The van der Waals surface area contributed by atoms with Crippen LogP contribution in [0.2, 0.25) is 0 Å². The van der Waals surface area contributed by atoms with Crippen LogP contribution in [0.3, 0.4) is 0 Å². The molecular weight excluding hydrogens is 761 g/mol. The molecule has 2 saturated heterocycles. The van der Waals surface area contributed by atoms with E-state index in [0.29, 0.717) is 13.1 Å². The topological polar surface area (TPSA) is 175 Å². The summed E-state index contributed by atoms with van der Waals surface area (Å²) in [4.78, 5) is 71.9. The molecule has 2 aromatic heterocycles. The summed E-state index contributed by atoms with van der Waals surface area (Å²) in [6.45, 7) is 8.82. The molecule has 4 N–H and O–H groups in total. The molecule has 4 amide bonds. The number of amides is 4. The first-order chi connectivity index (χ1) is 28.9. The van der Waals surface area contributed by atoms with Crippen molar-refractivity contribution < 1.29 is 28.7 Å². The van der Waals surface area contributed by atoms with Gasteiger partial charge in [0.2, 0.25) is 11.8 Å². The van der Waals surface area contributed by atoms with Crippen molar-refractivity contribution in [2.24, 2.45) is 11.8 Å². The number of methoxy groups -OCH3 is 2. The second-order valence-corrected chi connectivity index (χ2v) is 16.6. The van der Waals surface area contributed by atoms with Gasteiger partial charge in [-0.25, -0.2) is 19.6 Å². The number of ether oxygens (including phenoxy) is 2. The number of carbonyl (C=O) groups excluding carboxylic acids is 4. The maximum absolute atomic E-state index is 13.7. The summed E-state index contributed by atoms with van der Waals surface area (Å²) >= 11 is 0. The normalized spacial score (nSPS) is 17.8. The van der Waals surface area contributed by atoms with Crippen LogP contribution in [0.25, 0.3) is 55.1 Å². The number of alkyl carbamates (subject to hydrolysis) is 2.